The van der Waals surface area contributed by atoms with E-state index in [-0.39, 0.29) is 18.6 Å². The van der Waals surface area contributed by atoms with Crippen molar-refractivity contribution in [1.29, 1.82) is 0 Å². The van der Waals surface area contributed by atoms with Crippen LogP contribution in [0.25, 0.3) is 0 Å². The highest BCUT2D eigenvalue weighted by Gasteiger charge is 2.14. The molecule has 0 fully saturated rings. The summed E-state index contributed by atoms with van der Waals surface area (Å²) in [5.41, 5.74) is 0. The Morgan fingerprint density at radius 3 is 2.53 bits per heavy atom. The predicted octanol–water partition coefficient (Wildman–Crippen LogP) is 0.509. The second kappa shape index (κ2) is 8.68. The smallest absolute Gasteiger partial charge is 0.220 e. The van der Waals surface area contributed by atoms with E-state index in [0.29, 0.717) is 18.8 Å². The van der Waals surface area contributed by atoms with Gasteiger partial charge in [-0.2, -0.15) is 0 Å². The van der Waals surface area contributed by atoms with E-state index in [1.165, 1.54) is 0 Å². The molecular weight excluding hydrogens is 192 g/mol. The number of aliphatic hydroxyl groups is 1. The van der Waals surface area contributed by atoms with Gasteiger partial charge in [-0.3, -0.25) is 4.79 Å². The van der Waals surface area contributed by atoms with Crippen LogP contribution in [0.4, 0.5) is 0 Å². The van der Waals surface area contributed by atoms with Gasteiger partial charge in [-0.1, -0.05) is 13.8 Å². The summed E-state index contributed by atoms with van der Waals surface area (Å²) in [7, 11) is 1.88. The molecular formula is C11H24N2O2. The van der Waals surface area contributed by atoms with Gasteiger partial charge in [-0.05, 0) is 32.4 Å². The first-order chi connectivity index (χ1) is 7.11. The highest BCUT2D eigenvalue weighted by atomic mass is 16.3. The Morgan fingerprint density at radius 1 is 1.40 bits per heavy atom. The van der Waals surface area contributed by atoms with Gasteiger partial charge in [0.15, 0.2) is 0 Å². The van der Waals surface area contributed by atoms with Crippen LogP contribution in [0, 0.1) is 5.92 Å². The van der Waals surface area contributed by atoms with Crippen LogP contribution in [0.3, 0.4) is 0 Å². The molecule has 0 saturated heterocycles. The van der Waals surface area contributed by atoms with Crippen LogP contribution in [0.5, 0.6) is 0 Å². The molecule has 3 N–H and O–H groups in total. The van der Waals surface area contributed by atoms with Crippen LogP contribution in [0.2, 0.25) is 0 Å². The van der Waals surface area contributed by atoms with Gasteiger partial charge in [0, 0.05) is 19.1 Å². The predicted molar refractivity (Wildman–Crippen MR) is 61.6 cm³/mol. The summed E-state index contributed by atoms with van der Waals surface area (Å²) in [6, 6.07) is 0.0945. The van der Waals surface area contributed by atoms with E-state index in [1.807, 2.05) is 20.9 Å². The first-order valence-electron chi connectivity index (χ1n) is 5.66. The summed E-state index contributed by atoms with van der Waals surface area (Å²) < 4.78 is 0. The van der Waals surface area contributed by atoms with Crippen LogP contribution in [-0.2, 0) is 4.79 Å². The third kappa shape index (κ3) is 7.33. The molecule has 0 aromatic rings. The van der Waals surface area contributed by atoms with Crippen molar-refractivity contribution >= 4 is 5.91 Å². The molecule has 0 spiro atoms. The molecule has 1 atom stereocenters. The normalized spacial score (nSPS) is 12.9. The van der Waals surface area contributed by atoms with Crippen molar-refractivity contribution < 1.29 is 9.90 Å². The molecule has 0 aliphatic heterocycles. The molecule has 4 heteroatoms. The van der Waals surface area contributed by atoms with Gasteiger partial charge in [-0.25, -0.2) is 0 Å². The van der Waals surface area contributed by atoms with Crippen molar-refractivity contribution in [3.8, 4) is 0 Å². The fourth-order valence-electron chi connectivity index (χ4n) is 1.42. The number of hydrogen-bond acceptors (Lipinski definition) is 3. The van der Waals surface area contributed by atoms with E-state index in [2.05, 4.69) is 10.6 Å². The van der Waals surface area contributed by atoms with Crippen molar-refractivity contribution in [2.45, 2.75) is 39.2 Å². The van der Waals surface area contributed by atoms with Crippen LogP contribution in [-0.4, -0.2) is 37.3 Å². The van der Waals surface area contributed by atoms with Crippen LogP contribution >= 0.6 is 0 Å². The monoisotopic (exact) mass is 216 g/mol. The van der Waals surface area contributed by atoms with Crippen molar-refractivity contribution in [3.63, 3.8) is 0 Å². The fraction of sp³-hybridized carbons (Fsp3) is 0.909. The number of hydrogen-bond donors (Lipinski definition) is 3. The topological polar surface area (TPSA) is 61.4 Å². The summed E-state index contributed by atoms with van der Waals surface area (Å²) in [5.74, 6) is 0.447. The van der Waals surface area contributed by atoms with Gasteiger partial charge in [0.2, 0.25) is 5.91 Å². The van der Waals surface area contributed by atoms with Crippen molar-refractivity contribution in [1.82, 2.24) is 10.6 Å². The van der Waals surface area contributed by atoms with Gasteiger partial charge in [0.25, 0.3) is 0 Å². The second-order valence-corrected chi connectivity index (χ2v) is 4.14. The summed E-state index contributed by atoms with van der Waals surface area (Å²) in [6.45, 7) is 5.09. The molecule has 0 radical (unpaired) electrons. The minimum Gasteiger partial charge on any atom is -0.396 e. The molecule has 15 heavy (non-hydrogen) atoms. The minimum atomic E-state index is 0.0809. The summed E-state index contributed by atoms with van der Waals surface area (Å²) in [6.07, 6.45) is 2.04. The molecule has 1 unspecified atom stereocenters. The summed E-state index contributed by atoms with van der Waals surface area (Å²) in [5, 5.41) is 14.8. The highest BCUT2D eigenvalue weighted by molar-refractivity contribution is 5.76. The van der Waals surface area contributed by atoms with Crippen LogP contribution in [0.1, 0.15) is 33.1 Å². The number of aliphatic hydroxyl groups excluding tert-OH is 1. The van der Waals surface area contributed by atoms with Gasteiger partial charge < -0.3 is 15.7 Å². The molecule has 0 aromatic carbocycles. The SMILES string of the molecule is CNCCCC(=O)NC(CCO)C(C)C. The van der Waals surface area contributed by atoms with E-state index in [1.54, 1.807) is 0 Å². The van der Waals surface area contributed by atoms with E-state index >= 15 is 0 Å². The lowest BCUT2D eigenvalue weighted by atomic mass is 10.0. The third-order valence-corrected chi connectivity index (χ3v) is 2.42. The first-order valence-corrected chi connectivity index (χ1v) is 5.66. The number of carbonyl (C=O) groups excluding carboxylic acids is 1. The third-order valence-electron chi connectivity index (χ3n) is 2.42. The Balaban J connectivity index is 3.78. The molecule has 0 bridgehead atoms. The minimum absolute atomic E-state index is 0.0809. The number of amides is 1. The van der Waals surface area contributed by atoms with Crippen molar-refractivity contribution in [2.24, 2.45) is 5.92 Å². The molecule has 90 valence electrons. The van der Waals surface area contributed by atoms with E-state index < -0.39 is 0 Å². The van der Waals surface area contributed by atoms with Gasteiger partial charge >= 0.3 is 0 Å². The summed E-state index contributed by atoms with van der Waals surface area (Å²) in [4.78, 5) is 11.5. The Morgan fingerprint density at radius 2 is 2.07 bits per heavy atom. The molecule has 0 rings (SSSR count). The molecule has 0 aliphatic rings. The molecule has 4 nitrogen and oxygen atoms in total. The molecule has 0 saturated carbocycles. The quantitative estimate of drug-likeness (QED) is 0.518. The average Bonchev–Trinajstić information content (AvgIpc) is 2.17. The fourth-order valence-corrected chi connectivity index (χ4v) is 1.42. The summed E-state index contributed by atoms with van der Waals surface area (Å²) >= 11 is 0. The maximum absolute atomic E-state index is 11.5. The van der Waals surface area contributed by atoms with Crippen LogP contribution in [0.15, 0.2) is 0 Å². The Hall–Kier alpha value is -0.610. The maximum atomic E-state index is 11.5. The lowest BCUT2D eigenvalue weighted by Gasteiger charge is -2.21. The maximum Gasteiger partial charge on any atom is 0.220 e. The second-order valence-electron chi connectivity index (χ2n) is 4.14. The largest absolute Gasteiger partial charge is 0.396 e. The number of rotatable bonds is 8. The van der Waals surface area contributed by atoms with Crippen molar-refractivity contribution in [2.75, 3.05) is 20.2 Å². The Bertz CT molecular complexity index is 172. The van der Waals surface area contributed by atoms with E-state index in [4.69, 9.17) is 5.11 Å². The molecule has 0 heterocycles. The first kappa shape index (κ1) is 14.4. The lowest BCUT2D eigenvalue weighted by molar-refractivity contribution is -0.122. The highest BCUT2D eigenvalue weighted by Crippen LogP contribution is 2.05. The lowest BCUT2D eigenvalue weighted by Crippen LogP contribution is -2.39. The zero-order valence-corrected chi connectivity index (χ0v) is 10.0. The van der Waals surface area contributed by atoms with Gasteiger partial charge in [0.1, 0.15) is 0 Å². The Kier molecular flexibility index (Phi) is 8.33. The number of carbonyl (C=O) groups is 1. The zero-order valence-electron chi connectivity index (χ0n) is 10.0. The average molecular weight is 216 g/mol. The zero-order chi connectivity index (χ0) is 11.7. The van der Waals surface area contributed by atoms with E-state index in [9.17, 15) is 4.79 Å². The standard InChI is InChI=1S/C11H24N2O2/c1-9(2)10(6-8-14)13-11(15)5-4-7-12-3/h9-10,12,14H,4-8H2,1-3H3,(H,13,15). The molecule has 0 aromatic heterocycles. The van der Waals surface area contributed by atoms with Crippen molar-refractivity contribution in [3.05, 3.63) is 0 Å². The molecule has 1 amide bonds. The Labute approximate surface area is 92.4 Å². The number of nitrogens with one attached hydrogen (secondary N) is 2. The van der Waals surface area contributed by atoms with Gasteiger partial charge in [0.05, 0.1) is 0 Å². The van der Waals surface area contributed by atoms with Gasteiger partial charge in [-0.15, -0.1) is 0 Å². The van der Waals surface area contributed by atoms with Crippen LogP contribution < -0.4 is 10.6 Å². The molecule has 0 aliphatic carbocycles. The van der Waals surface area contributed by atoms with E-state index in [0.717, 1.165) is 13.0 Å².